The third-order valence-corrected chi connectivity index (χ3v) is 6.72. The van der Waals surface area contributed by atoms with E-state index in [9.17, 15) is 4.39 Å². The fourth-order valence-corrected chi connectivity index (χ4v) is 6.07. The lowest BCUT2D eigenvalue weighted by Gasteiger charge is -2.34. The molecule has 3 heteroatoms. The Morgan fingerprint density at radius 2 is 2.00 bits per heavy atom. The molecule has 1 aliphatic heterocycles. The Labute approximate surface area is 98.0 Å². The Morgan fingerprint density at radius 3 is 2.80 bits per heavy atom. The summed E-state index contributed by atoms with van der Waals surface area (Å²) in [5, 5.41) is 0. The predicted molar refractivity (Wildman–Crippen MR) is 65.9 cm³/mol. The number of thioether (sulfide) groups is 2. The molecule has 3 rings (SSSR count). The van der Waals surface area contributed by atoms with E-state index in [1.54, 1.807) is 6.07 Å². The zero-order valence-electron chi connectivity index (χ0n) is 8.46. The van der Waals surface area contributed by atoms with Gasteiger partial charge in [-0.2, -0.15) is 0 Å². The maximum absolute atomic E-state index is 13.9. The van der Waals surface area contributed by atoms with Gasteiger partial charge in [0.1, 0.15) is 5.82 Å². The average Bonchev–Trinajstić information content (AvgIpc) is 2.67. The van der Waals surface area contributed by atoms with Crippen LogP contribution in [0.25, 0.3) is 0 Å². The fraction of sp³-hybridized carbons (Fsp3) is 0.500. The van der Waals surface area contributed by atoms with Crippen molar-refractivity contribution in [2.24, 2.45) is 0 Å². The summed E-state index contributed by atoms with van der Waals surface area (Å²) in [7, 11) is 0. The van der Waals surface area contributed by atoms with Crippen LogP contribution in [0.1, 0.15) is 24.0 Å². The summed E-state index contributed by atoms with van der Waals surface area (Å²) in [5.41, 5.74) is 2.24. The monoisotopic (exact) mass is 240 g/mol. The van der Waals surface area contributed by atoms with Gasteiger partial charge in [0.15, 0.2) is 0 Å². The highest BCUT2D eigenvalue weighted by atomic mass is 32.2. The van der Waals surface area contributed by atoms with Gasteiger partial charge in [0.25, 0.3) is 0 Å². The van der Waals surface area contributed by atoms with E-state index < -0.39 is 0 Å². The molecule has 0 amide bonds. The van der Waals surface area contributed by atoms with E-state index in [0.717, 1.165) is 18.4 Å². The molecule has 0 bridgehead atoms. The highest BCUT2D eigenvalue weighted by molar-refractivity contribution is 8.20. The van der Waals surface area contributed by atoms with Crippen molar-refractivity contribution in [2.75, 3.05) is 11.5 Å². The van der Waals surface area contributed by atoms with Crippen molar-refractivity contribution in [1.29, 1.82) is 0 Å². The third-order valence-electron chi connectivity index (χ3n) is 3.19. The summed E-state index contributed by atoms with van der Waals surface area (Å²) >= 11 is 3.89. The maximum atomic E-state index is 13.9. The van der Waals surface area contributed by atoms with Crippen LogP contribution in [0.3, 0.4) is 0 Å². The molecular formula is C12H13FS2. The van der Waals surface area contributed by atoms with Crippen molar-refractivity contribution in [1.82, 2.24) is 0 Å². The highest BCUT2D eigenvalue weighted by Crippen LogP contribution is 2.58. The molecule has 15 heavy (non-hydrogen) atoms. The van der Waals surface area contributed by atoms with Crippen LogP contribution >= 0.6 is 23.5 Å². The predicted octanol–water partition coefficient (Wildman–Crippen LogP) is 3.79. The van der Waals surface area contributed by atoms with E-state index in [1.807, 2.05) is 29.6 Å². The zero-order chi connectivity index (χ0) is 10.3. The Morgan fingerprint density at radius 1 is 1.20 bits per heavy atom. The summed E-state index contributed by atoms with van der Waals surface area (Å²) in [6, 6.07) is 5.56. The van der Waals surface area contributed by atoms with E-state index >= 15 is 0 Å². The van der Waals surface area contributed by atoms with E-state index in [-0.39, 0.29) is 9.90 Å². The van der Waals surface area contributed by atoms with Crippen LogP contribution in [-0.2, 0) is 10.5 Å². The van der Waals surface area contributed by atoms with Crippen molar-refractivity contribution in [2.45, 2.75) is 23.3 Å². The van der Waals surface area contributed by atoms with Gasteiger partial charge in [-0.1, -0.05) is 12.1 Å². The summed E-state index contributed by atoms with van der Waals surface area (Å²) in [6.45, 7) is 0. The van der Waals surface area contributed by atoms with Gasteiger partial charge in [-0.3, -0.25) is 0 Å². The van der Waals surface area contributed by atoms with Crippen LogP contribution in [-0.4, -0.2) is 11.5 Å². The van der Waals surface area contributed by atoms with Crippen LogP contribution in [0.4, 0.5) is 4.39 Å². The Hall–Kier alpha value is -0.150. The van der Waals surface area contributed by atoms with Crippen LogP contribution < -0.4 is 0 Å². The smallest absolute Gasteiger partial charge is 0.128 e. The SMILES string of the molecule is Fc1cccc2c1C1(CCC2)SCCS1. The summed E-state index contributed by atoms with van der Waals surface area (Å²) in [5.74, 6) is 2.34. The molecule has 1 heterocycles. The Bertz CT molecular complexity index is 383. The first-order valence-corrected chi connectivity index (χ1v) is 7.35. The minimum absolute atomic E-state index is 0.00843. The first-order valence-electron chi connectivity index (χ1n) is 5.38. The topological polar surface area (TPSA) is 0 Å². The molecule has 0 aromatic heterocycles. The van der Waals surface area contributed by atoms with Gasteiger partial charge in [-0.05, 0) is 30.9 Å². The summed E-state index contributed by atoms with van der Waals surface area (Å²) in [6.07, 6.45) is 3.39. The molecular weight excluding hydrogens is 227 g/mol. The van der Waals surface area contributed by atoms with E-state index in [0.29, 0.717) is 0 Å². The van der Waals surface area contributed by atoms with Crippen molar-refractivity contribution in [3.8, 4) is 0 Å². The minimum Gasteiger partial charge on any atom is -0.207 e. The molecule has 0 nitrogen and oxygen atoms in total. The molecule has 1 spiro atoms. The number of fused-ring (bicyclic) bond motifs is 2. The lowest BCUT2D eigenvalue weighted by molar-refractivity contribution is 0.560. The Kier molecular flexibility index (Phi) is 2.48. The van der Waals surface area contributed by atoms with Crippen molar-refractivity contribution >= 4 is 23.5 Å². The number of aryl methyl sites for hydroxylation is 1. The molecule has 0 saturated carbocycles. The minimum atomic E-state index is 0.00843. The molecule has 0 radical (unpaired) electrons. The largest absolute Gasteiger partial charge is 0.207 e. The van der Waals surface area contributed by atoms with Crippen LogP contribution in [0, 0.1) is 5.82 Å². The quantitative estimate of drug-likeness (QED) is 0.676. The molecule has 2 aliphatic rings. The molecule has 1 aromatic rings. The summed E-state index contributed by atoms with van der Waals surface area (Å²) < 4.78 is 14.0. The molecule has 0 N–H and O–H groups in total. The summed E-state index contributed by atoms with van der Waals surface area (Å²) in [4.78, 5) is 0. The van der Waals surface area contributed by atoms with E-state index in [1.165, 1.54) is 23.5 Å². The van der Waals surface area contributed by atoms with Gasteiger partial charge >= 0.3 is 0 Å². The van der Waals surface area contributed by atoms with Crippen molar-refractivity contribution < 1.29 is 4.39 Å². The molecule has 1 saturated heterocycles. The zero-order valence-corrected chi connectivity index (χ0v) is 10.1. The number of benzene rings is 1. The van der Waals surface area contributed by atoms with E-state index in [4.69, 9.17) is 0 Å². The maximum Gasteiger partial charge on any atom is 0.128 e. The van der Waals surface area contributed by atoms with E-state index in [2.05, 4.69) is 6.07 Å². The van der Waals surface area contributed by atoms with Gasteiger partial charge in [0.05, 0.1) is 4.08 Å². The van der Waals surface area contributed by atoms with Gasteiger partial charge < -0.3 is 0 Å². The second kappa shape index (κ2) is 3.70. The number of hydrogen-bond acceptors (Lipinski definition) is 2. The second-order valence-corrected chi connectivity index (χ2v) is 7.12. The lowest BCUT2D eigenvalue weighted by Crippen LogP contribution is -2.23. The molecule has 0 unspecified atom stereocenters. The Balaban J connectivity index is 2.16. The fourth-order valence-electron chi connectivity index (χ4n) is 2.58. The first kappa shape index (κ1) is 10.0. The van der Waals surface area contributed by atoms with Gasteiger partial charge in [-0.25, -0.2) is 4.39 Å². The molecule has 1 aromatic carbocycles. The van der Waals surface area contributed by atoms with Gasteiger partial charge in [0, 0.05) is 17.1 Å². The van der Waals surface area contributed by atoms with Crippen molar-refractivity contribution in [3.63, 3.8) is 0 Å². The molecule has 80 valence electrons. The number of hydrogen-bond donors (Lipinski definition) is 0. The standard InChI is InChI=1S/C12H13FS2/c13-10-5-1-3-9-4-2-6-12(11(9)10)14-7-8-15-12/h1,3,5H,2,4,6-8H2. The van der Waals surface area contributed by atoms with Gasteiger partial charge in [-0.15, -0.1) is 23.5 Å². The first-order chi connectivity index (χ1) is 7.32. The molecule has 1 fully saturated rings. The van der Waals surface area contributed by atoms with Crippen LogP contribution in [0.15, 0.2) is 18.2 Å². The van der Waals surface area contributed by atoms with Crippen molar-refractivity contribution in [3.05, 3.63) is 35.1 Å². The number of rotatable bonds is 0. The van der Waals surface area contributed by atoms with Crippen LogP contribution in [0.5, 0.6) is 0 Å². The normalized spacial score (nSPS) is 23.0. The lowest BCUT2D eigenvalue weighted by atomic mass is 9.90. The molecule has 0 atom stereocenters. The highest BCUT2D eigenvalue weighted by Gasteiger charge is 2.42. The number of halogens is 1. The average molecular weight is 240 g/mol. The second-order valence-electron chi connectivity index (χ2n) is 4.08. The third kappa shape index (κ3) is 1.51. The van der Waals surface area contributed by atoms with Crippen LogP contribution in [0.2, 0.25) is 0 Å². The molecule has 1 aliphatic carbocycles. The van der Waals surface area contributed by atoms with Gasteiger partial charge in [0.2, 0.25) is 0 Å².